The predicted molar refractivity (Wildman–Crippen MR) is 77.6 cm³/mol. The van der Waals surface area contributed by atoms with Crippen molar-refractivity contribution in [2.45, 2.75) is 51.9 Å². The van der Waals surface area contributed by atoms with Crippen LogP contribution in [0, 0.1) is 0 Å². The lowest BCUT2D eigenvalue weighted by Crippen LogP contribution is -2.28. The number of ether oxygens (including phenoxy) is 2. The summed E-state index contributed by atoms with van der Waals surface area (Å²) in [5, 5.41) is 3.54. The van der Waals surface area contributed by atoms with Gasteiger partial charge in [-0.2, -0.15) is 0 Å². The van der Waals surface area contributed by atoms with E-state index >= 15 is 0 Å². The minimum atomic E-state index is 0.213. The molecule has 0 aliphatic carbocycles. The number of benzene rings is 1. The van der Waals surface area contributed by atoms with Gasteiger partial charge in [0.05, 0.1) is 12.2 Å². The summed E-state index contributed by atoms with van der Waals surface area (Å²) in [5.41, 5.74) is 1.26. The molecule has 0 unspecified atom stereocenters. The van der Waals surface area contributed by atoms with Gasteiger partial charge in [0.2, 0.25) is 0 Å². The molecule has 1 saturated heterocycles. The van der Waals surface area contributed by atoms with Crippen molar-refractivity contribution >= 4 is 0 Å². The highest BCUT2D eigenvalue weighted by Crippen LogP contribution is 2.20. The fourth-order valence-corrected chi connectivity index (χ4v) is 2.36. The van der Waals surface area contributed by atoms with Crippen LogP contribution in [0.15, 0.2) is 24.3 Å². The van der Waals surface area contributed by atoms with Crippen molar-refractivity contribution in [1.82, 2.24) is 5.32 Å². The molecule has 2 rings (SSSR count). The maximum absolute atomic E-state index is 5.73. The zero-order valence-electron chi connectivity index (χ0n) is 12.2. The lowest BCUT2D eigenvalue weighted by molar-refractivity contribution is 0.108. The van der Waals surface area contributed by atoms with E-state index in [9.17, 15) is 0 Å². The molecule has 0 radical (unpaired) electrons. The Morgan fingerprint density at radius 2 is 2.21 bits per heavy atom. The van der Waals surface area contributed by atoms with E-state index in [0.717, 1.165) is 18.9 Å². The highest BCUT2D eigenvalue weighted by molar-refractivity contribution is 5.30. The molecule has 19 heavy (non-hydrogen) atoms. The smallest absolute Gasteiger partial charge is 0.120 e. The van der Waals surface area contributed by atoms with Crippen LogP contribution < -0.4 is 10.1 Å². The van der Waals surface area contributed by atoms with Crippen molar-refractivity contribution < 1.29 is 9.47 Å². The van der Waals surface area contributed by atoms with Crippen LogP contribution in [-0.4, -0.2) is 25.4 Å². The summed E-state index contributed by atoms with van der Waals surface area (Å²) < 4.78 is 11.4. The van der Waals surface area contributed by atoms with Crippen molar-refractivity contribution in [2.75, 3.05) is 13.2 Å². The van der Waals surface area contributed by atoms with Gasteiger partial charge in [-0.15, -0.1) is 0 Å². The van der Waals surface area contributed by atoms with E-state index in [-0.39, 0.29) is 6.10 Å². The van der Waals surface area contributed by atoms with Crippen LogP contribution in [0.4, 0.5) is 0 Å². The first-order chi connectivity index (χ1) is 9.15. The topological polar surface area (TPSA) is 30.5 Å². The first kappa shape index (κ1) is 14.4. The first-order valence-electron chi connectivity index (χ1n) is 7.27. The van der Waals surface area contributed by atoms with Crippen LogP contribution in [0.3, 0.4) is 0 Å². The van der Waals surface area contributed by atoms with Gasteiger partial charge in [0, 0.05) is 19.2 Å². The van der Waals surface area contributed by atoms with Crippen LogP contribution in [0.5, 0.6) is 5.75 Å². The minimum Gasteiger partial charge on any atom is -0.491 e. The zero-order chi connectivity index (χ0) is 13.7. The van der Waals surface area contributed by atoms with E-state index in [1.54, 1.807) is 0 Å². The molecule has 1 aliphatic heterocycles. The second-order valence-electron chi connectivity index (χ2n) is 5.50. The van der Waals surface area contributed by atoms with Crippen LogP contribution in [0.25, 0.3) is 0 Å². The van der Waals surface area contributed by atoms with Gasteiger partial charge >= 0.3 is 0 Å². The van der Waals surface area contributed by atoms with Gasteiger partial charge in [-0.1, -0.05) is 12.1 Å². The molecule has 0 spiro atoms. The van der Waals surface area contributed by atoms with Gasteiger partial charge in [0.25, 0.3) is 0 Å². The minimum absolute atomic E-state index is 0.213. The monoisotopic (exact) mass is 263 g/mol. The Kier molecular flexibility index (Phi) is 5.23. The van der Waals surface area contributed by atoms with Crippen molar-refractivity contribution in [2.24, 2.45) is 0 Å². The first-order valence-corrected chi connectivity index (χ1v) is 7.27. The van der Waals surface area contributed by atoms with Gasteiger partial charge in [0.15, 0.2) is 0 Å². The summed E-state index contributed by atoms with van der Waals surface area (Å²) in [6.07, 6.45) is 2.97. The van der Waals surface area contributed by atoms with Crippen LogP contribution in [0.1, 0.15) is 45.2 Å². The SMILES string of the molecule is CC(C)Oc1cccc([C@@H](C)NC[C@H]2CCCO2)c1. The molecule has 1 heterocycles. The molecule has 0 saturated carbocycles. The molecule has 1 aliphatic rings. The Bertz CT molecular complexity index is 386. The number of hydrogen-bond donors (Lipinski definition) is 1. The third-order valence-corrected chi connectivity index (χ3v) is 3.41. The molecule has 1 N–H and O–H groups in total. The fourth-order valence-electron chi connectivity index (χ4n) is 2.36. The van der Waals surface area contributed by atoms with Gasteiger partial charge in [-0.25, -0.2) is 0 Å². The van der Waals surface area contributed by atoms with E-state index in [1.165, 1.54) is 18.4 Å². The summed E-state index contributed by atoms with van der Waals surface area (Å²) in [6, 6.07) is 8.64. The summed E-state index contributed by atoms with van der Waals surface area (Å²) in [4.78, 5) is 0. The van der Waals surface area contributed by atoms with Crippen LogP contribution in [-0.2, 0) is 4.74 Å². The summed E-state index contributed by atoms with van der Waals surface area (Å²) >= 11 is 0. The van der Waals surface area contributed by atoms with E-state index in [1.807, 2.05) is 19.9 Å². The van der Waals surface area contributed by atoms with Crippen molar-refractivity contribution in [3.8, 4) is 5.75 Å². The normalized spacial score (nSPS) is 20.7. The largest absolute Gasteiger partial charge is 0.491 e. The van der Waals surface area contributed by atoms with Crippen LogP contribution >= 0.6 is 0 Å². The van der Waals surface area contributed by atoms with E-state index in [4.69, 9.17) is 9.47 Å². The van der Waals surface area contributed by atoms with Crippen molar-refractivity contribution in [3.63, 3.8) is 0 Å². The van der Waals surface area contributed by atoms with Crippen molar-refractivity contribution in [1.29, 1.82) is 0 Å². The van der Waals surface area contributed by atoms with E-state index < -0.39 is 0 Å². The molecular weight excluding hydrogens is 238 g/mol. The maximum atomic E-state index is 5.73. The Balaban J connectivity index is 1.88. The summed E-state index contributed by atoms with van der Waals surface area (Å²) in [7, 11) is 0. The van der Waals surface area contributed by atoms with Crippen molar-refractivity contribution in [3.05, 3.63) is 29.8 Å². The molecule has 3 nitrogen and oxygen atoms in total. The zero-order valence-corrected chi connectivity index (χ0v) is 12.2. The lowest BCUT2D eigenvalue weighted by atomic mass is 10.1. The molecule has 0 bridgehead atoms. The quantitative estimate of drug-likeness (QED) is 0.854. The third kappa shape index (κ3) is 4.51. The van der Waals surface area contributed by atoms with Gasteiger partial charge in [-0.3, -0.25) is 0 Å². The second-order valence-corrected chi connectivity index (χ2v) is 5.50. The third-order valence-electron chi connectivity index (χ3n) is 3.41. The van der Waals surface area contributed by atoms with Gasteiger partial charge in [0.1, 0.15) is 5.75 Å². The molecular formula is C16H25NO2. The molecule has 1 aromatic rings. The molecule has 1 fully saturated rings. The summed E-state index contributed by atoms with van der Waals surface area (Å²) in [5.74, 6) is 0.943. The van der Waals surface area contributed by atoms with Gasteiger partial charge in [-0.05, 0) is 51.3 Å². The molecule has 106 valence electrons. The number of rotatable bonds is 6. The Labute approximate surface area is 116 Å². The molecule has 1 aromatic carbocycles. The highest BCUT2D eigenvalue weighted by Gasteiger charge is 2.16. The lowest BCUT2D eigenvalue weighted by Gasteiger charge is -2.18. The number of hydrogen-bond acceptors (Lipinski definition) is 3. The fraction of sp³-hybridized carbons (Fsp3) is 0.625. The molecule has 2 atom stereocenters. The molecule has 3 heteroatoms. The highest BCUT2D eigenvalue weighted by atomic mass is 16.5. The second kappa shape index (κ2) is 6.92. The number of nitrogens with one attached hydrogen (secondary N) is 1. The van der Waals surface area contributed by atoms with Crippen LogP contribution in [0.2, 0.25) is 0 Å². The predicted octanol–water partition coefficient (Wildman–Crippen LogP) is 3.30. The Hall–Kier alpha value is -1.06. The van der Waals surface area contributed by atoms with E-state index in [0.29, 0.717) is 12.1 Å². The Morgan fingerprint density at radius 1 is 1.37 bits per heavy atom. The van der Waals surface area contributed by atoms with Gasteiger partial charge < -0.3 is 14.8 Å². The molecule has 0 aromatic heterocycles. The maximum Gasteiger partial charge on any atom is 0.120 e. The average molecular weight is 263 g/mol. The Morgan fingerprint density at radius 3 is 2.89 bits per heavy atom. The summed E-state index contributed by atoms with van der Waals surface area (Å²) in [6.45, 7) is 8.12. The molecule has 0 amide bonds. The average Bonchev–Trinajstić information content (AvgIpc) is 2.88. The standard InChI is InChI=1S/C16H25NO2/c1-12(2)19-15-7-4-6-14(10-15)13(3)17-11-16-8-5-9-18-16/h4,6-7,10,12-13,16-17H,5,8-9,11H2,1-3H3/t13-,16-/m1/s1. The van der Waals surface area contributed by atoms with E-state index in [2.05, 4.69) is 30.4 Å².